The number of hydrogen-bond acceptors (Lipinski definition) is 4. The summed E-state index contributed by atoms with van der Waals surface area (Å²) in [5.74, 6) is -0.520. The molecule has 2 aromatic rings. The Bertz CT molecular complexity index is 1050. The Kier molecular flexibility index (Phi) is 6.26. The number of carboxylic acid groups (broad SMARTS) is 1. The molecule has 2 fully saturated rings. The number of amides is 2. The Hall–Kier alpha value is -3.35. The van der Waals surface area contributed by atoms with Gasteiger partial charge in [-0.05, 0) is 53.4 Å². The normalized spacial score (nSPS) is 21.5. The molecule has 2 amide bonds. The second kappa shape index (κ2) is 9.49. The number of nitrogens with one attached hydrogen (secondary N) is 1. The Morgan fingerprint density at radius 2 is 1.56 bits per heavy atom. The topological polar surface area (TPSA) is 95.9 Å². The molecule has 2 unspecified atom stereocenters. The maximum absolute atomic E-state index is 12.4. The predicted octanol–water partition coefficient (Wildman–Crippen LogP) is 3.87. The van der Waals surface area contributed by atoms with Gasteiger partial charge < -0.3 is 20.1 Å². The van der Waals surface area contributed by atoms with E-state index in [4.69, 9.17) is 9.84 Å². The van der Waals surface area contributed by atoms with Crippen LogP contribution in [0.3, 0.4) is 0 Å². The van der Waals surface area contributed by atoms with E-state index in [1.165, 1.54) is 22.3 Å². The average molecular weight is 463 g/mol. The quantitative estimate of drug-likeness (QED) is 0.651. The van der Waals surface area contributed by atoms with Crippen LogP contribution in [0.2, 0.25) is 0 Å². The van der Waals surface area contributed by atoms with E-state index in [-0.39, 0.29) is 11.8 Å². The van der Waals surface area contributed by atoms with Crippen LogP contribution in [0.4, 0.5) is 4.79 Å². The molecule has 34 heavy (non-hydrogen) atoms. The Labute approximate surface area is 199 Å². The maximum Gasteiger partial charge on any atom is 0.407 e. The second-order valence-corrected chi connectivity index (χ2v) is 9.79. The molecule has 0 aromatic heterocycles. The lowest BCUT2D eigenvalue weighted by Crippen LogP contribution is -2.53. The van der Waals surface area contributed by atoms with Gasteiger partial charge in [0.1, 0.15) is 6.61 Å². The lowest BCUT2D eigenvalue weighted by molar-refractivity contribution is -0.153. The summed E-state index contributed by atoms with van der Waals surface area (Å²) in [7, 11) is 0. The van der Waals surface area contributed by atoms with Gasteiger partial charge >= 0.3 is 12.1 Å². The molecule has 178 valence electrons. The van der Waals surface area contributed by atoms with Crippen molar-refractivity contribution in [3.63, 3.8) is 0 Å². The fourth-order valence-electron chi connectivity index (χ4n) is 5.64. The van der Waals surface area contributed by atoms with E-state index in [0.717, 1.165) is 19.3 Å². The molecular formula is C27H30N2O5. The first-order valence-corrected chi connectivity index (χ1v) is 12.1. The van der Waals surface area contributed by atoms with Crippen LogP contribution in [0, 0.1) is 17.8 Å². The average Bonchev–Trinajstić information content (AvgIpc) is 3.37. The van der Waals surface area contributed by atoms with Gasteiger partial charge in [0.2, 0.25) is 5.91 Å². The molecule has 3 aliphatic rings. The summed E-state index contributed by atoms with van der Waals surface area (Å²) < 4.78 is 5.62. The van der Waals surface area contributed by atoms with Crippen LogP contribution < -0.4 is 5.32 Å². The van der Waals surface area contributed by atoms with Gasteiger partial charge in [-0.15, -0.1) is 0 Å². The Balaban J connectivity index is 1.05. The third-order valence-electron chi connectivity index (χ3n) is 7.58. The summed E-state index contributed by atoms with van der Waals surface area (Å²) in [6.07, 6.45) is 2.89. The number of fused-ring (bicyclic) bond motifs is 3. The first kappa shape index (κ1) is 22.4. The molecule has 2 aliphatic carbocycles. The van der Waals surface area contributed by atoms with Gasteiger partial charge in [0.25, 0.3) is 0 Å². The zero-order valence-corrected chi connectivity index (χ0v) is 19.1. The van der Waals surface area contributed by atoms with E-state index in [2.05, 4.69) is 29.6 Å². The number of carbonyl (C=O) groups is 3. The molecule has 7 nitrogen and oxygen atoms in total. The van der Waals surface area contributed by atoms with Gasteiger partial charge in [-0.1, -0.05) is 48.5 Å². The minimum absolute atomic E-state index is 0.0438. The minimum atomic E-state index is -0.829. The van der Waals surface area contributed by atoms with Gasteiger partial charge in [0, 0.05) is 32.0 Å². The molecule has 1 aliphatic heterocycles. The lowest BCUT2D eigenvalue weighted by atomic mass is 9.96. The highest BCUT2D eigenvalue weighted by atomic mass is 16.5. The number of likely N-dealkylation sites (tertiary alicyclic amines) is 1. The van der Waals surface area contributed by atoms with Gasteiger partial charge in [-0.2, -0.15) is 0 Å². The SMILES string of the molecule is O=C(NCC1CCC(CC(=O)N2CC(C(=O)O)C2)C1)OCC1c2ccccc2-c2ccccc21. The Morgan fingerprint density at radius 1 is 0.941 bits per heavy atom. The van der Waals surface area contributed by atoms with Crippen molar-refractivity contribution in [3.05, 3.63) is 59.7 Å². The molecule has 0 spiro atoms. The molecule has 2 aromatic carbocycles. The molecule has 0 bridgehead atoms. The molecule has 2 atom stereocenters. The van der Waals surface area contributed by atoms with E-state index >= 15 is 0 Å². The van der Waals surface area contributed by atoms with Crippen LogP contribution >= 0.6 is 0 Å². The van der Waals surface area contributed by atoms with Crippen LogP contribution in [-0.2, 0) is 14.3 Å². The molecule has 1 saturated heterocycles. The monoisotopic (exact) mass is 462 g/mol. The fourth-order valence-corrected chi connectivity index (χ4v) is 5.64. The summed E-state index contributed by atoms with van der Waals surface area (Å²) in [6, 6.07) is 16.5. The van der Waals surface area contributed by atoms with Crippen LogP contribution in [0.15, 0.2) is 48.5 Å². The zero-order valence-electron chi connectivity index (χ0n) is 19.1. The van der Waals surface area contributed by atoms with Crippen molar-refractivity contribution in [1.82, 2.24) is 10.2 Å². The third kappa shape index (κ3) is 4.52. The summed E-state index contributed by atoms with van der Waals surface area (Å²) >= 11 is 0. The predicted molar refractivity (Wildman–Crippen MR) is 126 cm³/mol. The highest BCUT2D eigenvalue weighted by Gasteiger charge is 2.37. The smallest absolute Gasteiger partial charge is 0.407 e. The van der Waals surface area contributed by atoms with Crippen LogP contribution in [-0.4, -0.2) is 54.2 Å². The highest BCUT2D eigenvalue weighted by molar-refractivity contribution is 5.81. The van der Waals surface area contributed by atoms with E-state index < -0.39 is 18.0 Å². The number of ether oxygens (including phenoxy) is 1. The maximum atomic E-state index is 12.4. The largest absolute Gasteiger partial charge is 0.481 e. The molecule has 5 rings (SSSR count). The molecule has 1 heterocycles. The van der Waals surface area contributed by atoms with Crippen molar-refractivity contribution in [2.24, 2.45) is 17.8 Å². The van der Waals surface area contributed by atoms with Crippen molar-refractivity contribution in [3.8, 4) is 11.1 Å². The molecular weight excluding hydrogens is 432 g/mol. The van der Waals surface area contributed by atoms with Crippen LogP contribution in [0.5, 0.6) is 0 Å². The molecule has 0 radical (unpaired) electrons. The standard InChI is InChI=1S/C27H30N2O5/c30-25(29-14-19(15-29)26(31)32)12-17-9-10-18(11-17)13-28-27(33)34-16-24-22-7-3-1-5-20(22)21-6-2-4-8-23(21)24/h1-8,17-19,24H,9-16H2,(H,28,33)(H,31,32). The number of hydrogen-bond donors (Lipinski definition) is 2. The summed E-state index contributed by atoms with van der Waals surface area (Å²) in [5.41, 5.74) is 4.79. The van der Waals surface area contributed by atoms with Crippen LogP contribution in [0.25, 0.3) is 11.1 Å². The number of benzene rings is 2. The number of nitrogens with zero attached hydrogens (tertiary/aromatic N) is 1. The zero-order chi connectivity index (χ0) is 23.7. The van der Waals surface area contributed by atoms with Crippen molar-refractivity contribution in [1.29, 1.82) is 0 Å². The summed E-state index contributed by atoms with van der Waals surface area (Å²) in [4.78, 5) is 37.3. The Morgan fingerprint density at radius 3 is 2.21 bits per heavy atom. The number of rotatable bonds is 7. The van der Waals surface area contributed by atoms with E-state index in [9.17, 15) is 14.4 Å². The summed E-state index contributed by atoms with van der Waals surface area (Å²) in [5, 5.41) is 11.9. The lowest BCUT2D eigenvalue weighted by Gasteiger charge is -2.37. The minimum Gasteiger partial charge on any atom is -0.481 e. The first-order chi connectivity index (χ1) is 16.5. The van der Waals surface area contributed by atoms with Crippen LogP contribution in [0.1, 0.15) is 42.7 Å². The highest BCUT2D eigenvalue weighted by Crippen LogP contribution is 2.44. The molecule has 7 heteroatoms. The van der Waals surface area contributed by atoms with E-state index in [0.29, 0.717) is 44.5 Å². The van der Waals surface area contributed by atoms with Gasteiger partial charge in [-0.3, -0.25) is 9.59 Å². The van der Waals surface area contributed by atoms with Crippen molar-refractivity contribution < 1.29 is 24.2 Å². The van der Waals surface area contributed by atoms with E-state index in [1.807, 2.05) is 24.3 Å². The first-order valence-electron chi connectivity index (χ1n) is 12.1. The molecule has 2 N–H and O–H groups in total. The van der Waals surface area contributed by atoms with Gasteiger partial charge in [0.15, 0.2) is 0 Å². The number of carbonyl (C=O) groups excluding carboxylic acids is 2. The van der Waals surface area contributed by atoms with Crippen molar-refractivity contribution in [2.45, 2.75) is 31.6 Å². The number of alkyl carbamates (subject to hydrolysis) is 1. The second-order valence-electron chi connectivity index (χ2n) is 9.79. The van der Waals surface area contributed by atoms with Crippen molar-refractivity contribution >= 4 is 18.0 Å². The summed E-state index contributed by atoms with van der Waals surface area (Å²) in [6.45, 7) is 1.50. The molecule has 1 saturated carbocycles. The third-order valence-corrected chi connectivity index (χ3v) is 7.58. The van der Waals surface area contributed by atoms with Gasteiger partial charge in [0.05, 0.1) is 5.92 Å². The number of aliphatic carboxylic acids is 1. The van der Waals surface area contributed by atoms with E-state index in [1.54, 1.807) is 4.90 Å². The van der Waals surface area contributed by atoms with Gasteiger partial charge in [-0.25, -0.2) is 4.79 Å². The number of carboxylic acids is 1. The van der Waals surface area contributed by atoms with Crippen molar-refractivity contribution in [2.75, 3.05) is 26.2 Å². The fraction of sp³-hybridized carbons (Fsp3) is 0.444.